The Balaban J connectivity index is 1.43. The highest BCUT2D eigenvalue weighted by atomic mass is 35.5. The molecule has 0 saturated carbocycles. The standard InChI is InChI=1S/C26H28ClN7O/c1-19-17-33(26-21(16-28)5-3-7-29-26)8-9-34(19)24-15-23(18-32-10-12-35-13-11-32)30-25(31-24)20-4-2-6-22(27)14-20/h2-7,14-15,19H,8-13,17-18H2,1H3. The van der Waals surface area contributed by atoms with E-state index in [0.29, 0.717) is 16.4 Å². The molecule has 5 rings (SSSR count). The van der Waals surface area contributed by atoms with Crippen molar-refractivity contribution < 1.29 is 4.74 Å². The summed E-state index contributed by atoms with van der Waals surface area (Å²) in [5, 5.41) is 10.2. The van der Waals surface area contributed by atoms with Crippen molar-refractivity contribution in [3.8, 4) is 17.5 Å². The molecule has 8 nitrogen and oxygen atoms in total. The van der Waals surface area contributed by atoms with E-state index >= 15 is 0 Å². The van der Waals surface area contributed by atoms with E-state index < -0.39 is 0 Å². The third-order valence-electron chi connectivity index (χ3n) is 6.47. The van der Waals surface area contributed by atoms with Crippen LogP contribution >= 0.6 is 11.6 Å². The van der Waals surface area contributed by atoms with Gasteiger partial charge in [0.15, 0.2) is 5.82 Å². The minimum Gasteiger partial charge on any atom is -0.379 e. The van der Waals surface area contributed by atoms with E-state index in [1.165, 1.54) is 0 Å². The second-order valence-electron chi connectivity index (χ2n) is 8.91. The molecular weight excluding hydrogens is 462 g/mol. The molecule has 180 valence electrons. The topological polar surface area (TPSA) is 81.4 Å². The minimum atomic E-state index is 0.177. The number of anilines is 2. The molecule has 1 atom stereocenters. The van der Waals surface area contributed by atoms with Crippen molar-refractivity contribution in [2.24, 2.45) is 0 Å². The van der Waals surface area contributed by atoms with Gasteiger partial charge in [-0.3, -0.25) is 4.90 Å². The SMILES string of the molecule is CC1CN(c2ncccc2C#N)CCN1c1cc(CN2CCOCC2)nc(-c2cccc(Cl)c2)n1. The summed E-state index contributed by atoms with van der Waals surface area (Å²) in [4.78, 5) is 21.2. The molecule has 0 amide bonds. The van der Waals surface area contributed by atoms with Crippen molar-refractivity contribution in [3.05, 3.63) is 64.9 Å². The predicted octanol–water partition coefficient (Wildman–Crippen LogP) is 3.61. The monoisotopic (exact) mass is 489 g/mol. The molecule has 9 heteroatoms. The molecule has 0 aliphatic carbocycles. The zero-order valence-electron chi connectivity index (χ0n) is 19.8. The van der Waals surface area contributed by atoms with Gasteiger partial charge in [-0.05, 0) is 31.2 Å². The third kappa shape index (κ3) is 5.38. The normalized spacial score (nSPS) is 18.9. The molecule has 3 aromatic rings. The number of nitriles is 1. The molecular formula is C26H28ClN7O. The van der Waals surface area contributed by atoms with Gasteiger partial charge in [0.2, 0.25) is 0 Å². The number of halogens is 1. The summed E-state index contributed by atoms with van der Waals surface area (Å²) in [6, 6.07) is 15.9. The quantitative estimate of drug-likeness (QED) is 0.537. The summed E-state index contributed by atoms with van der Waals surface area (Å²) in [7, 11) is 0. The minimum absolute atomic E-state index is 0.177. The number of benzene rings is 1. The Kier molecular flexibility index (Phi) is 7.09. The molecule has 2 fully saturated rings. The van der Waals surface area contributed by atoms with E-state index in [9.17, 15) is 5.26 Å². The van der Waals surface area contributed by atoms with Crippen LogP contribution < -0.4 is 9.80 Å². The van der Waals surface area contributed by atoms with Gasteiger partial charge in [0.05, 0.1) is 24.5 Å². The summed E-state index contributed by atoms with van der Waals surface area (Å²) in [6.07, 6.45) is 1.74. The molecule has 4 heterocycles. The zero-order valence-corrected chi connectivity index (χ0v) is 20.5. The van der Waals surface area contributed by atoms with E-state index in [2.05, 4.69) is 38.7 Å². The second kappa shape index (κ2) is 10.6. The molecule has 2 saturated heterocycles. The van der Waals surface area contributed by atoms with Crippen LogP contribution in [0.15, 0.2) is 48.7 Å². The number of piperazine rings is 1. The number of nitrogens with zero attached hydrogens (tertiary/aromatic N) is 7. The smallest absolute Gasteiger partial charge is 0.161 e. The highest BCUT2D eigenvalue weighted by Gasteiger charge is 2.28. The van der Waals surface area contributed by atoms with Gasteiger partial charge in [-0.2, -0.15) is 5.26 Å². The van der Waals surface area contributed by atoms with Gasteiger partial charge in [-0.1, -0.05) is 23.7 Å². The van der Waals surface area contributed by atoms with Crippen LogP contribution in [0.5, 0.6) is 0 Å². The number of aromatic nitrogens is 3. The van der Waals surface area contributed by atoms with E-state index in [1.807, 2.05) is 30.3 Å². The predicted molar refractivity (Wildman–Crippen MR) is 137 cm³/mol. The summed E-state index contributed by atoms with van der Waals surface area (Å²) in [5.41, 5.74) is 2.49. The van der Waals surface area contributed by atoms with E-state index in [1.54, 1.807) is 12.3 Å². The summed E-state index contributed by atoms with van der Waals surface area (Å²) in [6.45, 7) is 8.49. The number of pyridine rings is 1. The highest BCUT2D eigenvalue weighted by molar-refractivity contribution is 6.30. The van der Waals surface area contributed by atoms with Crippen LogP contribution in [0.25, 0.3) is 11.4 Å². The molecule has 2 aromatic heterocycles. The molecule has 0 radical (unpaired) electrons. The van der Waals surface area contributed by atoms with Crippen LogP contribution in [-0.2, 0) is 11.3 Å². The summed E-state index contributed by atoms with van der Waals surface area (Å²) < 4.78 is 5.51. The summed E-state index contributed by atoms with van der Waals surface area (Å²) >= 11 is 6.28. The maximum atomic E-state index is 9.50. The van der Waals surface area contributed by atoms with Crippen LogP contribution in [-0.4, -0.2) is 71.8 Å². The molecule has 0 N–H and O–H groups in total. The average molecular weight is 490 g/mol. The van der Waals surface area contributed by atoms with Crippen LogP contribution in [0, 0.1) is 11.3 Å². The van der Waals surface area contributed by atoms with Gasteiger partial charge in [0.25, 0.3) is 0 Å². The van der Waals surface area contributed by atoms with Gasteiger partial charge in [0, 0.05) is 68.2 Å². The van der Waals surface area contributed by atoms with E-state index in [4.69, 9.17) is 26.3 Å². The first-order chi connectivity index (χ1) is 17.1. The fourth-order valence-corrected chi connectivity index (χ4v) is 4.87. The highest BCUT2D eigenvalue weighted by Crippen LogP contribution is 2.27. The lowest BCUT2D eigenvalue weighted by atomic mass is 10.1. The third-order valence-corrected chi connectivity index (χ3v) is 6.70. The van der Waals surface area contributed by atoms with Gasteiger partial charge < -0.3 is 14.5 Å². The van der Waals surface area contributed by atoms with Gasteiger partial charge in [0.1, 0.15) is 17.7 Å². The van der Waals surface area contributed by atoms with Crippen LogP contribution in [0.1, 0.15) is 18.2 Å². The Hall–Kier alpha value is -3.25. The number of rotatable bonds is 5. The lowest BCUT2D eigenvalue weighted by Crippen LogP contribution is -2.53. The molecule has 2 aliphatic rings. The van der Waals surface area contributed by atoms with Crippen LogP contribution in [0.2, 0.25) is 5.02 Å². The average Bonchev–Trinajstić information content (AvgIpc) is 2.89. The van der Waals surface area contributed by atoms with Crippen molar-refractivity contribution in [1.82, 2.24) is 19.9 Å². The Labute approximate surface area is 210 Å². The second-order valence-corrected chi connectivity index (χ2v) is 9.35. The molecule has 1 unspecified atom stereocenters. The molecule has 0 spiro atoms. The number of hydrogen-bond acceptors (Lipinski definition) is 8. The van der Waals surface area contributed by atoms with Crippen molar-refractivity contribution in [3.63, 3.8) is 0 Å². The first-order valence-electron chi connectivity index (χ1n) is 11.9. The van der Waals surface area contributed by atoms with Crippen molar-refractivity contribution in [2.45, 2.75) is 19.5 Å². The Morgan fingerprint density at radius 3 is 2.71 bits per heavy atom. The largest absolute Gasteiger partial charge is 0.379 e. The number of morpholine rings is 1. The fourth-order valence-electron chi connectivity index (χ4n) is 4.68. The van der Waals surface area contributed by atoms with E-state index in [0.717, 1.165) is 75.4 Å². The fraction of sp³-hybridized carbons (Fsp3) is 0.385. The Bertz CT molecular complexity index is 1220. The lowest BCUT2D eigenvalue weighted by Gasteiger charge is -2.41. The van der Waals surface area contributed by atoms with Crippen molar-refractivity contribution >= 4 is 23.2 Å². The number of hydrogen-bond donors (Lipinski definition) is 0. The molecule has 0 bridgehead atoms. The van der Waals surface area contributed by atoms with Gasteiger partial charge in [-0.15, -0.1) is 0 Å². The van der Waals surface area contributed by atoms with Crippen molar-refractivity contribution in [2.75, 3.05) is 55.7 Å². The molecule has 2 aliphatic heterocycles. The van der Waals surface area contributed by atoms with Crippen LogP contribution in [0.3, 0.4) is 0 Å². The van der Waals surface area contributed by atoms with Gasteiger partial charge >= 0.3 is 0 Å². The Morgan fingerprint density at radius 1 is 1.09 bits per heavy atom. The van der Waals surface area contributed by atoms with E-state index in [-0.39, 0.29) is 6.04 Å². The maximum absolute atomic E-state index is 9.50. The van der Waals surface area contributed by atoms with Crippen molar-refractivity contribution in [1.29, 1.82) is 5.26 Å². The lowest BCUT2D eigenvalue weighted by molar-refractivity contribution is 0.0336. The molecule has 35 heavy (non-hydrogen) atoms. The van der Waals surface area contributed by atoms with Crippen LogP contribution in [0.4, 0.5) is 11.6 Å². The Morgan fingerprint density at radius 2 is 1.94 bits per heavy atom. The first-order valence-corrected chi connectivity index (χ1v) is 12.3. The number of ether oxygens (including phenoxy) is 1. The van der Waals surface area contributed by atoms with Gasteiger partial charge in [-0.25, -0.2) is 15.0 Å². The molecule has 1 aromatic carbocycles. The first kappa shape index (κ1) is 23.5. The maximum Gasteiger partial charge on any atom is 0.161 e. The zero-order chi connectivity index (χ0) is 24.2. The summed E-state index contributed by atoms with van der Waals surface area (Å²) in [5.74, 6) is 2.34.